The molecule has 1 aliphatic rings. The highest BCUT2D eigenvalue weighted by Crippen LogP contribution is 2.06. The van der Waals surface area contributed by atoms with Gasteiger partial charge in [-0.2, -0.15) is 0 Å². The first-order chi connectivity index (χ1) is 8.88. The summed E-state index contributed by atoms with van der Waals surface area (Å²) in [5, 5.41) is 1.09. The zero-order valence-electron chi connectivity index (χ0n) is 11.0. The van der Waals surface area contributed by atoms with Gasteiger partial charge in [-0.1, -0.05) is 46.3 Å². The maximum Gasteiger partial charge on any atom is 0.0159 e. The molecule has 0 atom stereocenters. The lowest BCUT2D eigenvalue weighted by molar-refractivity contribution is 0.266. The number of halogens is 1. The summed E-state index contributed by atoms with van der Waals surface area (Å²) in [4.78, 5) is 5.18. The predicted molar refractivity (Wildman–Crippen MR) is 81.4 cm³/mol. The van der Waals surface area contributed by atoms with Crippen molar-refractivity contribution in [1.82, 2.24) is 9.80 Å². The Balaban J connectivity index is 1.73. The Morgan fingerprint density at radius 1 is 0.889 bits per heavy atom. The van der Waals surface area contributed by atoms with Crippen LogP contribution in [0.4, 0.5) is 0 Å². The molecule has 1 saturated heterocycles. The fourth-order valence-corrected chi connectivity index (χ4v) is 3.02. The lowest BCUT2D eigenvalue weighted by atomic mass is 10.1. The Morgan fingerprint density at radius 2 is 1.56 bits per heavy atom. The van der Waals surface area contributed by atoms with Crippen molar-refractivity contribution in [1.29, 1.82) is 0 Å². The van der Waals surface area contributed by atoms with Crippen LogP contribution in [0, 0.1) is 0 Å². The first-order valence-electron chi connectivity index (χ1n) is 6.93. The van der Waals surface area contributed by atoms with Gasteiger partial charge < -0.3 is 9.80 Å². The van der Waals surface area contributed by atoms with Crippen LogP contribution >= 0.6 is 15.9 Å². The van der Waals surface area contributed by atoms with Gasteiger partial charge in [-0.05, 0) is 31.5 Å². The fraction of sp³-hybridized carbons (Fsp3) is 0.600. The van der Waals surface area contributed by atoms with E-state index in [1.807, 2.05) is 0 Å². The molecule has 2 nitrogen and oxygen atoms in total. The molecule has 100 valence electrons. The van der Waals surface area contributed by atoms with Crippen molar-refractivity contribution in [2.24, 2.45) is 0 Å². The van der Waals surface area contributed by atoms with Crippen LogP contribution in [0.25, 0.3) is 0 Å². The molecule has 0 aliphatic carbocycles. The second-order valence-corrected chi connectivity index (χ2v) is 5.75. The van der Waals surface area contributed by atoms with E-state index in [0.717, 1.165) is 5.33 Å². The quantitative estimate of drug-likeness (QED) is 0.771. The summed E-state index contributed by atoms with van der Waals surface area (Å²) in [5.74, 6) is 0. The molecule has 1 aromatic carbocycles. The maximum absolute atomic E-state index is 3.53. The third-order valence-electron chi connectivity index (χ3n) is 3.64. The number of benzene rings is 1. The number of nitrogens with zero attached hydrogens (tertiary/aromatic N) is 2. The second kappa shape index (κ2) is 7.93. The van der Waals surface area contributed by atoms with E-state index in [2.05, 4.69) is 56.1 Å². The molecule has 0 bridgehead atoms. The van der Waals surface area contributed by atoms with Crippen molar-refractivity contribution in [3.63, 3.8) is 0 Å². The molecule has 3 heteroatoms. The second-order valence-electron chi connectivity index (χ2n) is 4.96. The predicted octanol–water partition coefficient (Wildman–Crippen LogP) is 2.63. The molecule has 18 heavy (non-hydrogen) atoms. The lowest BCUT2D eigenvalue weighted by Gasteiger charge is -2.21. The van der Waals surface area contributed by atoms with Crippen LogP contribution in [0.1, 0.15) is 12.0 Å². The zero-order chi connectivity index (χ0) is 12.6. The average molecular weight is 311 g/mol. The van der Waals surface area contributed by atoms with E-state index in [1.165, 1.54) is 57.7 Å². The van der Waals surface area contributed by atoms with Crippen molar-refractivity contribution >= 4 is 15.9 Å². The Morgan fingerprint density at radius 3 is 2.22 bits per heavy atom. The van der Waals surface area contributed by atoms with Gasteiger partial charge in [-0.15, -0.1) is 0 Å². The molecule has 0 N–H and O–H groups in total. The molecular formula is C15H23BrN2. The van der Waals surface area contributed by atoms with Crippen molar-refractivity contribution in [3.05, 3.63) is 35.9 Å². The van der Waals surface area contributed by atoms with Crippen LogP contribution in [-0.4, -0.2) is 54.4 Å². The minimum atomic E-state index is 1.09. The molecular weight excluding hydrogens is 288 g/mol. The lowest BCUT2D eigenvalue weighted by Crippen LogP contribution is -2.32. The molecule has 0 saturated carbocycles. The summed E-state index contributed by atoms with van der Waals surface area (Å²) >= 11 is 3.53. The normalized spacial score (nSPS) is 18.7. The van der Waals surface area contributed by atoms with Crippen LogP contribution < -0.4 is 0 Å². The largest absolute Gasteiger partial charge is 0.302 e. The van der Waals surface area contributed by atoms with Crippen molar-refractivity contribution in [3.8, 4) is 0 Å². The Kier molecular flexibility index (Phi) is 6.18. The van der Waals surface area contributed by atoms with E-state index >= 15 is 0 Å². The molecule has 1 fully saturated rings. The summed E-state index contributed by atoms with van der Waals surface area (Å²) in [6.45, 7) is 7.35. The third-order valence-corrected chi connectivity index (χ3v) is 4.00. The SMILES string of the molecule is BrCCN1CCCN(CCc2ccccc2)CC1. The summed E-state index contributed by atoms with van der Waals surface area (Å²) in [6, 6.07) is 10.8. The Labute approximate surface area is 119 Å². The summed E-state index contributed by atoms with van der Waals surface area (Å²) in [5.41, 5.74) is 1.46. The van der Waals surface area contributed by atoms with E-state index in [9.17, 15) is 0 Å². The van der Waals surface area contributed by atoms with Gasteiger partial charge in [0.25, 0.3) is 0 Å². The van der Waals surface area contributed by atoms with E-state index in [0.29, 0.717) is 0 Å². The van der Waals surface area contributed by atoms with E-state index in [1.54, 1.807) is 0 Å². The number of rotatable bonds is 5. The van der Waals surface area contributed by atoms with Gasteiger partial charge in [0.1, 0.15) is 0 Å². The summed E-state index contributed by atoms with van der Waals surface area (Å²) in [7, 11) is 0. The molecule has 0 radical (unpaired) electrons. The maximum atomic E-state index is 3.53. The summed E-state index contributed by atoms with van der Waals surface area (Å²) < 4.78 is 0. The van der Waals surface area contributed by atoms with E-state index in [4.69, 9.17) is 0 Å². The third kappa shape index (κ3) is 4.71. The Bertz CT molecular complexity index is 329. The molecule has 0 spiro atoms. The highest BCUT2D eigenvalue weighted by Gasteiger charge is 2.13. The molecule has 2 rings (SSSR count). The van der Waals surface area contributed by atoms with Crippen molar-refractivity contribution in [2.75, 3.05) is 44.6 Å². The Hall–Kier alpha value is -0.380. The van der Waals surface area contributed by atoms with E-state index in [-0.39, 0.29) is 0 Å². The number of alkyl halides is 1. The van der Waals surface area contributed by atoms with Crippen molar-refractivity contribution in [2.45, 2.75) is 12.8 Å². The van der Waals surface area contributed by atoms with Crippen LogP contribution in [0.3, 0.4) is 0 Å². The zero-order valence-corrected chi connectivity index (χ0v) is 12.6. The molecule has 1 aromatic rings. The van der Waals surface area contributed by atoms with E-state index < -0.39 is 0 Å². The van der Waals surface area contributed by atoms with Gasteiger partial charge in [0.05, 0.1) is 0 Å². The van der Waals surface area contributed by atoms with Crippen LogP contribution in [0.15, 0.2) is 30.3 Å². The van der Waals surface area contributed by atoms with Gasteiger partial charge in [0, 0.05) is 31.5 Å². The number of hydrogen-bond acceptors (Lipinski definition) is 2. The van der Waals surface area contributed by atoms with Crippen LogP contribution in [-0.2, 0) is 6.42 Å². The van der Waals surface area contributed by atoms with Crippen LogP contribution in [0.5, 0.6) is 0 Å². The van der Waals surface area contributed by atoms with Gasteiger partial charge in [-0.3, -0.25) is 0 Å². The van der Waals surface area contributed by atoms with Gasteiger partial charge in [0.15, 0.2) is 0 Å². The molecule has 0 amide bonds. The molecule has 1 aliphatic heterocycles. The highest BCUT2D eigenvalue weighted by atomic mass is 79.9. The molecule has 0 unspecified atom stereocenters. The number of hydrogen-bond donors (Lipinski definition) is 0. The monoisotopic (exact) mass is 310 g/mol. The van der Waals surface area contributed by atoms with Crippen molar-refractivity contribution < 1.29 is 0 Å². The minimum absolute atomic E-state index is 1.09. The fourth-order valence-electron chi connectivity index (χ4n) is 2.52. The smallest absolute Gasteiger partial charge is 0.0159 e. The molecule has 0 aromatic heterocycles. The van der Waals surface area contributed by atoms with Gasteiger partial charge in [0.2, 0.25) is 0 Å². The standard InChI is InChI=1S/C15H23BrN2/c16-8-12-18-10-4-9-17(13-14-18)11-7-15-5-2-1-3-6-15/h1-3,5-6H,4,7-14H2. The minimum Gasteiger partial charge on any atom is -0.302 e. The van der Waals surface area contributed by atoms with Gasteiger partial charge in [-0.25, -0.2) is 0 Å². The average Bonchev–Trinajstić information content (AvgIpc) is 2.64. The first kappa shape index (κ1) is 14.0. The highest BCUT2D eigenvalue weighted by molar-refractivity contribution is 9.09. The first-order valence-corrected chi connectivity index (χ1v) is 8.05. The van der Waals surface area contributed by atoms with Crippen LogP contribution in [0.2, 0.25) is 0 Å². The summed E-state index contributed by atoms with van der Waals surface area (Å²) in [6.07, 6.45) is 2.49. The molecule has 1 heterocycles. The topological polar surface area (TPSA) is 6.48 Å². The van der Waals surface area contributed by atoms with Gasteiger partial charge >= 0.3 is 0 Å².